The van der Waals surface area contributed by atoms with Crippen molar-refractivity contribution in [3.05, 3.63) is 0 Å². The summed E-state index contributed by atoms with van der Waals surface area (Å²) in [6, 6.07) is 1.62. The minimum Gasteiger partial charge on any atom is -0.381 e. The molecule has 3 fully saturated rings. The van der Waals surface area contributed by atoms with Crippen molar-refractivity contribution in [2.75, 3.05) is 33.4 Å². The highest BCUT2D eigenvalue weighted by molar-refractivity contribution is 4.92. The summed E-state index contributed by atoms with van der Waals surface area (Å²) in [5.41, 5.74) is 0.363. The van der Waals surface area contributed by atoms with Crippen molar-refractivity contribution in [1.82, 2.24) is 10.2 Å². The van der Waals surface area contributed by atoms with Crippen LogP contribution in [0.2, 0.25) is 0 Å². The van der Waals surface area contributed by atoms with Gasteiger partial charge in [-0.25, -0.2) is 0 Å². The lowest BCUT2D eigenvalue weighted by Crippen LogP contribution is -2.50. The number of rotatable bonds is 6. The molecule has 3 nitrogen and oxygen atoms in total. The van der Waals surface area contributed by atoms with Gasteiger partial charge in [0.2, 0.25) is 0 Å². The minimum absolute atomic E-state index is 0.363. The van der Waals surface area contributed by atoms with Crippen LogP contribution >= 0.6 is 0 Å². The van der Waals surface area contributed by atoms with Crippen LogP contribution in [0.1, 0.15) is 64.2 Å². The van der Waals surface area contributed by atoms with E-state index in [2.05, 4.69) is 17.3 Å². The van der Waals surface area contributed by atoms with Crippen molar-refractivity contribution in [1.29, 1.82) is 0 Å². The van der Waals surface area contributed by atoms with Crippen LogP contribution in [-0.4, -0.2) is 50.3 Å². The third-order valence-corrected chi connectivity index (χ3v) is 5.78. The smallest absolute Gasteiger partial charge is 0.0546 e. The van der Waals surface area contributed by atoms with Crippen LogP contribution in [0.4, 0.5) is 0 Å². The normalized spacial score (nSPS) is 32.3. The Morgan fingerprint density at radius 1 is 1.05 bits per heavy atom. The number of nitrogens with one attached hydrogen (secondary N) is 1. The standard InChI is InChI=1S/C18H34N2O/c1-20(17-7-4-2-3-5-8-17)14-18(11-6-12-21-15-18)13-19-16-9-10-16/h16-17,19H,2-15H2,1H3. The van der Waals surface area contributed by atoms with Crippen LogP contribution in [0, 0.1) is 5.41 Å². The molecular weight excluding hydrogens is 260 g/mol. The Morgan fingerprint density at radius 3 is 2.43 bits per heavy atom. The molecule has 1 heterocycles. The molecule has 0 spiro atoms. The van der Waals surface area contributed by atoms with Crippen LogP contribution in [0.25, 0.3) is 0 Å². The van der Waals surface area contributed by atoms with Gasteiger partial charge in [0.25, 0.3) is 0 Å². The average Bonchev–Trinajstić information content (AvgIpc) is 3.33. The third kappa shape index (κ3) is 4.67. The van der Waals surface area contributed by atoms with Gasteiger partial charge < -0.3 is 15.0 Å². The van der Waals surface area contributed by atoms with E-state index in [1.807, 2.05) is 0 Å². The molecule has 1 N–H and O–H groups in total. The van der Waals surface area contributed by atoms with E-state index in [4.69, 9.17) is 4.74 Å². The van der Waals surface area contributed by atoms with Crippen LogP contribution < -0.4 is 5.32 Å². The fourth-order valence-electron chi connectivity index (χ4n) is 4.24. The SMILES string of the molecule is CN(CC1(CNC2CC2)CCCOC1)C1CCCCCC1. The van der Waals surface area contributed by atoms with Gasteiger partial charge in [-0.05, 0) is 45.6 Å². The first-order valence-corrected chi connectivity index (χ1v) is 9.29. The quantitative estimate of drug-likeness (QED) is 0.761. The van der Waals surface area contributed by atoms with Crippen molar-refractivity contribution in [3.63, 3.8) is 0 Å². The second-order valence-corrected chi connectivity index (χ2v) is 7.87. The Hall–Kier alpha value is -0.120. The van der Waals surface area contributed by atoms with Gasteiger partial charge in [0.15, 0.2) is 0 Å². The molecule has 0 radical (unpaired) electrons. The largest absolute Gasteiger partial charge is 0.381 e. The zero-order valence-electron chi connectivity index (χ0n) is 13.9. The molecule has 0 aromatic rings. The van der Waals surface area contributed by atoms with E-state index in [-0.39, 0.29) is 0 Å². The summed E-state index contributed by atoms with van der Waals surface area (Å²) in [7, 11) is 2.36. The lowest BCUT2D eigenvalue weighted by Gasteiger charge is -2.42. The number of ether oxygens (including phenoxy) is 1. The summed E-state index contributed by atoms with van der Waals surface area (Å²) in [5, 5.41) is 3.78. The predicted molar refractivity (Wildman–Crippen MR) is 87.6 cm³/mol. The van der Waals surface area contributed by atoms with Gasteiger partial charge >= 0.3 is 0 Å². The summed E-state index contributed by atoms with van der Waals surface area (Å²) in [6.45, 7) is 4.31. The average molecular weight is 294 g/mol. The van der Waals surface area contributed by atoms with E-state index in [0.717, 1.165) is 31.8 Å². The maximum Gasteiger partial charge on any atom is 0.0546 e. The summed E-state index contributed by atoms with van der Waals surface area (Å²) in [5.74, 6) is 0. The third-order valence-electron chi connectivity index (χ3n) is 5.78. The minimum atomic E-state index is 0.363. The summed E-state index contributed by atoms with van der Waals surface area (Å²) >= 11 is 0. The van der Waals surface area contributed by atoms with Gasteiger partial charge in [0.05, 0.1) is 6.61 Å². The van der Waals surface area contributed by atoms with Crippen molar-refractivity contribution >= 4 is 0 Å². The van der Waals surface area contributed by atoms with Crippen molar-refractivity contribution in [2.45, 2.75) is 76.3 Å². The molecule has 1 saturated heterocycles. The molecule has 3 heteroatoms. The number of hydrogen-bond donors (Lipinski definition) is 1. The van der Waals surface area contributed by atoms with E-state index < -0.39 is 0 Å². The molecule has 2 saturated carbocycles. The lowest BCUT2D eigenvalue weighted by molar-refractivity contribution is -0.0293. The van der Waals surface area contributed by atoms with E-state index in [1.165, 1.54) is 70.8 Å². The maximum atomic E-state index is 5.88. The van der Waals surface area contributed by atoms with Crippen molar-refractivity contribution in [2.24, 2.45) is 5.41 Å². The van der Waals surface area contributed by atoms with Gasteiger partial charge in [-0.2, -0.15) is 0 Å². The Kier molecular flexibility index (Phi) is 5.58. The number of hydrogen-bond acceptors (Lipinski definition) is 3. The van der Waals surface area contributed by atoms with E-state index in [1.54, 1.807) is 0 Å². The van der Waals surface area contributed by atoms with Gasteiger partial charge in [-0.1, -0.05) is 25.7 Å². The Morgan fingerprint density at radius 2 is 1.81 bits per heavy atom. The first-order valence-electron chi connectivity index (χ1n) is 9.29. The second kappa shape index (κ2) is 7.43. The lowest BCUT2D eigenvalue weighted by atomic mass is 9.81. The zero-order valence-corrected chi connectivity index (χ0v) is 13.9. The molecule has 122 valence electrons. The van der Waals surface area contributed by atoms with Crippen molar-refractivity contribution < 1.29 is 4.74 Å². The summed E-state index contributed by atoms with van der Waals surface area (Å²) < 4.78 is 5.88. The monoisotopic (exact) mass is 294 g/mol. The highest BCUT2D eigenvalue weighted by Crippen LogP contribution is 2.32. The molecule has 0 aromatic carbocycles. The molecule has 0 amide bonds. The Balaban J connectivity index is 1.56. The van der Waals surface area contributed by atoms with E-state index in [9.17, 15) is 0 Å². The van der Waals surface area contributed by atoms with Crippen LogP contribution in [-0.2, 0) is 4.74 Å². The Bertz CT molecular complexity index is 302. The maximum absolute atomic E-state index is 5.88. The predicted octanol–water partition coefficient (Wildman–Crippen LogP) is 3.19. The van der Waals surface area contributed by atoms with Gasteiger partial charge in [-0.15, -0.1) is 0 Å². The van der Waals surface area contributed by atoms with E-state index >= 15 is 0 Å². The highest BCUT2D eigenvalue weighted by Gasteiger charge is 2.37. The highest BCUT2D eigenvalue weighted by atomic mass is 16.5. The van der Waals surface area contributed by atoms with E-state index in [0.29, 0.717) is 5.41 Å². The van der Waals surface area contributed by atoms with Crippen molar-refractivity contribution in [3.8, 4) is 0 Å². The van der Waals surface area contributed by atoms with Crippen LogP contribution in [0.5, 0.6) is 0 Å². The molecule has 21 heavy (non-hydrogen) atoms. The zero-order chi connectivity index (χ0) is 14.5. The second-order valence-electron chi connectivity index (χ2n) is 7.87. The molecule has 3 rings (SSSR count). The molecule has 1 aliphatic heterocycles. The Labute approximate surface area is 130 Å². The molecule has 3 aliphatic rings. The van der Waals surface area contributed by atoms with Crippen LogP contribution in [0.3, 0.4) is 0 Å². The van der Waals surface area contributed by atoms with Gasteiger partial charge in [0, 0.05) is 37.2 Å². The fourth-order valence-corrected chi connectivity index (χ4v) is 4.24. The van der Waals surface area contributed by atoms with Crippen LogP contribution in [0.15, 0.2) is 0 Å². The molecule has 0 bridgehead atoms. The fraction of sp³-hybridized carbons (Fsp3) is 1.00. The molecule has 1 atom stereocenters. The molecular formula is C18H34N2O. The van der Waals surface area contributed by atoms with Gasteiger partial charge in [0.1, 0.15) is 0 Å². The number of nitrogens with zero attached hydrogens (tertiary/aromatic N) is 1. The summed E-state index contributed by atoms with van der Waals surface area (Å²) in [6.07, 6.45) is 13.9. The molecule has 2 aliphatic carbocycles. The van der Waals surface area contributed by atoms with Gasteiger partial charge in [-0.3, -0.25) is 0 Å². The first-order chi connectivity index (χ1) is 10.3. The first kappa shape index (κ1) is 15.8. The topological polar surface area (TPSA) is 24.5 Å². The molecule has 1 unspecified atom stereocenters. The molecule has 0 aromatic heterocycles. The summed E-state index contributed by atoms with van der Waals surface area (Å²) in [4.78, 5) is 2.68.